The molecular formula is C41H48N2S. The summed E-state index contributed by atoms with van der Waals surface area (Å²) in [6.45, 7) is 13.2. The topological polar surface area (TPSA) is 6.48 Å². The van der Waals surface area contributed by atoms with E-state index >= 15 is 0 Å². The first-order chi connectivity index (χ1) is 21.3. The molecule has 0 amide bonds. The van der Waals surface area contributed by atoms with Crippen LogP contribution in [0.3, 0.4) is 0 Å². The minimum atomic E-state index is 0.524. The highest BCUT2D eigenvalue weighted by atomic mass is 32.1. The maximum atomic E-state index is 2.38. The Balaban J connectivity index is 0.000000246. The van der Waals surface area contributed by atoms with Crippen LogP contribution in [0, 0.1) is 19.8 Å². The first-order valence-electron chi connectivity index (χ1n) is 15.8. The lowest BCUT2D eigenvalue weighted by molar-refractivity contribution is 0.607. The summed E-state index contributed by atoms with van der Waals surface area (Å²) in [5.41, 5.74) is 9.04. The molecule has 0 N–H and O–H groups in total. The summed E-state index contributed by atoms with van der Waals surface area (Å²) < 4.78 is 2.73. The summed E-state index contributed by atoms with van der Waals surface area (Å²) in [5.74, 6) is 0.524. The highest BCUT2D eigenvalue weighted by Crippen LogP contribution is 2.40. The Morgan fingerprint density at radius 2 is 1.39 bits per heavy atom. The van der Waals surface area contributed by atoms with Gasteiger partial charge in [0.15, 0.2) is 0 Å². The van der Waals surface area contributed by atoms with Gasteiger partial charge in [0.25, 0.3) is 0 Å². The fraction of sp³-hybridized carbons (Fsp3) is 0.268. The molecule has 1 atom stereocenters. The molecule has 0 aliphatic carbocycles. The van der Waals surface area contributed by atoms with Crippen molar-refractivity contribution in [1.82, 2.24) is 0 Å². The van der Waals surface area contributed by atoms with Gasteiger partial charge in [-0.2, -0.15) is 0 Å². The Labute approximate surface area is 269 Å². The lowest BCUT2D eigenvalue weighted by Crippen LogP contribution is -2.20. The number of aryl methyl sites for hydroxylation is 2. The quantitative estimate of drug-likeness (QED) is 0.155. The van der Waals surface area contributed by atoms with Crippen LogP contribution in [0.5, 0.6) is 0 Å². The van der Waals surface area contributed by atoms with Gasteiger partial charge in [0, 0.05) is 57.0 Å². The average molecular weight is 601 g/mol. The summed E-state index contributed by atoms with van der Waals surface area (Å²) in [7, 11) is 4.29. The number of nitrogens with zero attached hydrogens (tertiary/aromatic N) is 2. The van der Waals surface area contributed by atoms with E-state index in [4.69, 9.17) is 0 Å². The standard InChI is InChI=1S/C27H33NS.C14H15N/c1-7-12-19(4)21(13-8-2)24(14-9-3)28(6)23-17-18-26-27(20(23)5)22-15-10-11-16-25(22)29-26;1-12-8-10-14(11-9-12)15(2)13-6-4-3-5-7-13/h8-11,13-19H,7,12H2,1-6H3;3-11H,1-2H3/b13-8-,14-9-,24-21-;. The predicted octanol–water partition coefficient (Wildman–Crippen LogP) is 12.4. The minimum Gasteiger partial charge on any atom is -0.345 e. The first kappa shape index (κ1) is 32.8. The molecule has 5 rings (SSSR count). The highest BCUT2D eigenvalue weighted by molar-refractivity contribution is 7.25. The molecule has 0 aliphatic rings. The zero-order chi connectivity index (χ0) is 31.6. The van der Waals surface area contributed by atoms with Crippen molar-refractivity contribution in [3.63, 3.8) is 0 Å². The summed E-state index contributed by atoms with van der Waals surface area (Å²) in [5, 5.41) is 2.76. The molecular weight excluding hydrogens is 553 g/mol. The van der Waals surface area contributed by atoms with Gasteiger partial charge in [-0.3, -0.25) is 0 Å². The third-order valence-corrected chi connectivity index (χ3v) is 9.42. The minimum absolute atomic E-state index is 0.524. The van der Waals surface area contributed by atoms with Gasteiger partial charge >= 0.3 is 0 Å². The molecule has 3 heteroatoms. The Morgan fingerprint density at radius 3 is 2.05 bits per heavy atom. The Morgan fingerprint density at radius 1 is 0.750 bits per heavy atom. The van der Waals surface area contributed by atoms with E-state index in [9.17, 15) is 0 Å². The van der Waals surface area contributed by atoms with Gasteiger partial charge in [-0.15, -0.1) is 11.3 Å². The molecule has 1 heterocycles. The fourth-order valence-corrected chi connectivity index (χ4v) is 7.03. The second kappa shape index (κ2) is 15.6. The number of rotatable bonds is 9. The number of hydrogen-bond donors (Lipinski definition) is 0. The van der Waals surface area contributed by atoms with Crippen LogP contribution < -0.4 is 9.80 Å². The zero-order valence-electron chi connectivity index (χ0n) is 27.8. The third kappa shape index (κ3) is 7.52. The number of benzene rings is 4. The van der Waals surface area contributed by atoms with Crippen LogP contribution in [0.2, 0.25) is 0 Å². The molecule has 2 nitrogen and oxygen atoms in total. The van der Waals surface area contributed by atoms with E-state index in [-0.39, 0.29) is 0 Å². The van der Waals surface area contributed by atoms with E-state index in [1.807, 2.05) is 17.4 Å². The predicted molar refractivity (Wildman–Crippen MR) is 199 cm³/mol. The van der Waals surface area contributed by atoms with Gasteiger partial charge in [0.1, 0.15) is 0 Å². The van der Waals surface area contributed by atoms with Crippen molar-refractivity contribution in [2.24, 2.45) is 5.92 Å². The molecule has 44 heavy (non-hydrogen) atoms. The van der Waals surface area contributed by atoms with E-state index < -0.39 is 0 Å². The fourth-order valence-electron chi connectivity index (χ4n) is 5.87. The van der Waals surface area contributed by atoms with Gasteiger partial charge in [-0.25, -0.2) is 0 Å². The second-order valence-electron chi connectivity index (χ2n) is 11.5. The summed E-state index contributed by atoms with van der Waals surface area (Å²) in [6.07, 6.45) is 11.3. The number of para-hydroxylation sites is 1. The number of hydrogen-bond acceptors (Lipinski definition) is 3. The molecule has 4 aromatic carbocycles. The van der Waals surface area contributed by atoms with Crippen LogP contribution >= 0.6 is 11.3 Å². The van der Waals surface area contributed by atoms with Crippen LogP contribution in [0.4, 0.5) is 17.1 Å². The van der Waals surface area contributed by atoms with Crippen molar-refractivity contribution in [2.45, 2.75) is 54.4 Å². The number of allylic oxidation sites excluding steroid dienone is 5. The monoisotopic (exact) mass is 600 g/mol. The average Bonchev–Trinajstić information content (AvgIpc) is 3.43. The van der Waals surface area contributed by atoms with E-state index in [2.05, 4.69) is 175 Å². The van der Waals surface area contributed by atoms with Gasteiger partial charge in [0.05, 0.1) is 0 Å². The molecule has 0 bridgehead atoms. The first-order valence-corrected chi connectivity index (χ1v) is 16.6. The van der Waals surface area contributed by atoms with Crippen molar-refractivity contribution in [1.29, 1.82) is 0 Å². The van der Waals surface area contributed by atoms with Gasteiger partial charge in [-0.1, -0.05) is 92.6 Å². The molecule has 0 radical (unpaired) electrons. The number of anilines is 3. The highest BCUT2D eigenvalue weighted by Gasteiger charge is 2.18. The van der Waals surface area contributed by atoms with E-state index in [1.54, 1.807) is 0 Å². The van der Waals surface area contributed by atoms with Crippen LogP contribution in [0.15, 0.2) is 127 Å². The van der Waals surface area contributed by atoms with E-state index in [1.165, 1.54) is 72.5 Å². The molecule has 0 saturated heterocycles. The molecule has 0 spiro atoms. The van der Waals surface area contributed by atoms with Crippen LogP contribution in [0.1, 0.15) is 51.7 Å². The van der Waals surface area contributed by atoms with Gasteiger partial charge in [0.2, 0.25) is 0 Å². The normalized spacial score (nSPS) is 12.8. The molecule has 0 fully saturated rings. The summed E-state index contributed by atoms with van der Waals surface area (Å²) in [4.78, 5) is 4.56. The van der Waals surface area contributed by atoms with Crippen molar-refractivity contribution in [2.75, 3.05) is 23.9 Å². The molecule has 0 aliphatic heterocycles. The largest absolute Gasteiger partial charge is 0.345 e. The third-order valence-electron chi connectivity index (χ3n) is 8.28. The Kier molecular flexibility index (Phi) is 11.6. The summed E-state index contributed by atoms with van der Waals surface area (Å²) in [6, 6.07) is 32.2. The van der Waals surface area contributed by atoms with Crippen LogP contribution in [-0.2, 0) is 0 Å². The van der Waals surface area contributed by atoms with Crippen LogP contribution in [0.25, 0.3) is 20.2 Å². The van der Waals surface area contributed by atoms with Crippen LogP contribution in [-0.4, -0.2) is 14.1 Å². The second-order valence-corrected chi connectivity index (χ2v) is 12.6. The number of fused-ring (bicyclic) bond motifs is 3. The molecule has 1 aromatic heterocycles. The maximum Gasteiger partial charge on any atom is 0.0445 e. The van der Waals surface area contributed by atoms with Gasteiger partial charge in [-0.05, 0) is 99.7 Å². The number of likely N-dealkylation sites (N-methyl/N-ethyl adjacent to an activating group) is 1. The lowest BCUT2D eigenvalue weighted by atomic mass is 9.93. The van der Waals surface area contributed by atoms with Gasteiger partial charge < -0.3 is 9.80 Å². The smallest absolute Gasteiger partial charge is 0.0445 e. The lowest BCUT2D eigenvalue weighted by Gasteiger charge is -2.27. The van der Waals surface area contributed by atoms with E-state index in [0.29, 0.717) is 5.92 Å². The number of thiophene rings is 1. The van der Waals surface area contributed by atoms with Crippen molar-refractivity contribution in [3.05, 3.63) is 138 Å². The molecule has 1 unspecified atom stereocenters. The Hall–Kier alpha value is -4.08. The zero-order valence-corrected chi connectivity index (χ0v) is 28.6. The van der Waals surface area contributed by atoms with E-state index in [0.717, 1.165) is 0 Å². The Bertz CT molecular complexity index is 1740. The molecule has 228 valence electrons. The summed E-state index contributed by atoms with van der Waals surface area (Å²) >= 11 is 1.89. The van der Waals surface area contributed by atoms with Crippen molar-refractivity contribution in [3.8, 4) is 0 Å². The van der Waals surface area contributed by atoms with Crippen molar-refractivity contribution < 1.29 is 0 Å². The molecule has 5 aromatic rings. The van der Waals surface area contributed by atoms with Crippen molar-refractivity contribution >= 4 is 48.6 Å². The maximum absolute atomic E-state index is 2.38. The SMILES string of the molecule is C\C=C/C(=C(\C=C/C)N(C)c1ccc2sc3ccccc3c2c1C)C(C)CCC.Cc1ccc(N(C)c2ccccc2)cc1. The molecule has 0 saturated carbocycles.